The van der Waals surface area contributed by atoms with Gasteiger partial charge in [-0.15, -0.1) is 0 Å². The van der Waals surface area contributed by atoms with Gasteiger partial charge in [0.15, 0.2) is 11.5 Å². The van der Waals surface area contributed by atoms with E-state index in [2.05, 4.69) is 67.7 Å². The second kappa shape index (κ2) is 18.5. The first-order valence-corrected chi connectivity index (χ1v) is 11.7. The molecule has 0 fully saturated rings. The Hall–Kier alpha value is -3.05. The first kappa shape index (κ1) is 28.0. The summed E-state index contributed by atoms with van der Waals surface area (Å²) < 4.78 is 5.21. The Bertz CT molecular complexity index is 821. The monoisotopic (exact) mass is 453 g/mol. The number of esters is 1. The van der Waals surface area contributed by atoms with Crippen LogP contribution in [0.5, 0.6) is 11.5 Å². The summed E-state index contributed by atoms with van der Waals surface area (Å²) in [4.78, 5) is 12.0. The van der Waals surface area contributed by atoms with Gasteiger partial charge in [-0.05, 0) is 69.1 Å². The highest BCUT2D eigenvalue weighted by Gasteiger charge is 2.16. The molecule has 1 aromatic rings. The van der Waals surface area contributed by atoms with Gasteiger partial charge in [-0.25, -0.2) is 0 Å². The summed E-state index contributed by atoms with van der Waals surface area (Å²) in [6.07, 6.45) is 28.3. The van der Waals surface area contributed by atoms with Gasteiger partial charge in [-0.1, -0.05) is 73.8 Å². The van der Waals surface area contributed by atoms with Crippen molar-refractivity contribution in [2.75, 3.05) is 6.61 Å². The van der Waals surface area contributed by atoms with Crippen molar-refractivity contribution < 1.29 is 19.7 Å². The first-order chi connectivity index (χ1) is 16.0. The minimum Gasteiger partial charge on any atom is -0.504 e. The van der Waals surface area contributed by atoms with E-state index in [1.54, 1.807) is 6.07 Å². The summed E-state index contributed by atoms with van der Waals surface area (Å²) in [5.41, 5.74) is 6.52. The number of aromatic hydroxyl groups is 2. The minimum atomic E-state index is -0.803. The molecular formula is C28H39NO4. The van der Waals surface area contributed by atoms with Gasteiger partial charge < -0.3 is 20.7 Å². The molecule has 1 atom stereocenters. The number of unbranched alkanes of at least 4 members (excludes halogenated alkanes) is 1. The van der Waals surface area contributed by atoms with E-state index in [4.69, 9.17) is 10.5 Å². The maximum Gasteiger partial charge on any atom is 0.323 e. The van der Waals surface area contributed by atoms with Crippen molar-refractivity contribution in [1.82, 2.24) is 0 Å². The number of ether oxygens (including phenoxy) is 1. The molecule has 0 aliphatic heterocycles. The highest BCUT2D eigenvalue weighted by Crippen LogP contribution is 2.25. The SMILES string of the molecule is CC/C=C\C/C=C\C/C=C\C/C=C\C/C=C\CCCOC(=O)[C@@H](N)Cc1ccc(O)c(O)c1. The van der Waals surface area contributed by atoms with Crippen LogP contribution in [0.15, 0.2) is 79.0 Å². The molecule has 5 nitrogen and oxygen atoms in total. The lowest BCUT2D eigenvalue weighted by Crippen LogP contribution is -2.34. The Morgan fingerprint density at radius 3 is 1.97 bits per heavy atom. The molecule has 0 saturated heterocycles. The quantitative estimate of drug-likeness (QED) is 0.123. The first-order valence-electron chi connectivity index (χ1n) is 11.7. The van der Waals surface area contributed by atoms with E-state index in [0.29, 0.717) is 12.2 Å². The summed E-state index contributed by atoms with van der Waals surface area (Å²) in [6.45, 7) is 2.46. The van der Waals surface area contributed by atoms with E-state index in [-0.39, 0.29) is 17.9 Å². The van der Waals surface area contributed by atoms with E-state index in [1.165, 1.54) is 12.1 Å². The van der Waals surface area contributed by atoms with Crippen molar-refractivity contribution >= 4 is 5.97 Å². The molecule has 0 aliphatic rings. The number of hydrogen-bond donors (Lipinski definition) is 3. The number of nitrogens with two attached hydrogens (primary N) is 1. The average Bonchev–Trinajstić information content (AvgIpc) is 2.80. The summed E-state index contributed by atoms with van der Waals surface area (Å²) in [5.74, 6) is -0.901. The van der Waals surface area contributed by atoms with E-state index in [0.717, 1.165) is 44.9 Å². The van der Waals surface area contributed by atoms with Gasteiger partial charge in [-0.2, -0.15) is 0 Å². The smallest absolute Gasteiger partial charge is 0.323 e. The topological polar surface area (TPSA) is 92.8 Å². The van der Waals surface area contributed by atoms with Crippen LogP contribution < -0.4 is 5.73 Å². The standard InChI is InChI=1S/C28H39NO4/c1-2-3-4-5-6-7-8-9-10-11-12-13-14-15-16-17-18-21-33-28(32)25(29)22-24-19-20-26(30)27(31)23-24/h3-4,6-7,9-10,12-13,15-16,19-20,23,25,30-31H,2,5,8,11,14,17-18,21-22,29H2,1H3/b4-3-,7-6-,10-9-,13-12-,16-15-/t25-/m0/s1. The molecule has 33 heavy (non-hydrogen) atoms. The van der Waals surface area contributed by atoms with Gasteiger partial charge in [0.25, 0.3) is 0 Å². The molecule has 0 amide bonds. The molecule has 1 aromatic carbocycles. The molecule has 0 heterocycles. The molecule has 0 aliphatic carbocycles. The zero-order valence-electron chi connectivity index (χ0n) is 19.7. The van der Waals surface area contributed by atoms with Crippen molar-refractivity contribution in [1.29, 1.82) is 0 Å². The molecule has 0 saturated carbocycles. The summed E-state index contributed by atoms with van der Waals surface area (Å²) >= 11 is 0. The van der Waals surface area contributed by atoms with Gasteiger partial charge in [0.2, 0.25) is 0 Å². The molecule has 0 aromatic heterocycles. The van der Waals surface area contributed by atoms with E-state index >= 15 is 0 Å². The van der Waals surface area contributed by atoms with Gasteiger partial charge >= 0.3 is 5.97 Å². The van der Waals surface area contributed by atoms with Crippen LogP contribution in [0.4, 0.5) is 0 Å². The number of hydrogen-bond acceptors (Lipinski definition) is 5. The normalized spacial score (nSPS) is 13.3. The Balaban J connectivity index is 2.05. The summed E-state index contributed by atoms with van der Waals surface area (Å²) in [5, 5.41) is 18.8. The number of carbonyl (C=O) groups is 1. The fourth-order valence-corrected chi connectivity index (χ4v) is 2.88. The molecule has 5 heteroatoms. The predicted octanol–water partition coefficient (Wildman–Crippen LogP) is 6.04. The van der Waals surface area contributed by atoms with E-state index in [9.17, 15) is 15.0 Å². The fourth-order valence-electron chi connectivity index (χ4n) is 2.88. The number of phenolic OH excluding ortho intramolecular Hbond substituents is 2. The molecule has 180 valence electrons. The predicted molar refractivity (Wildman–Crippen MR) is 136 cm³/mol. The lowest BCUT2D eigenvalue weighted by Gasteiger charge is -2.11. The number of rotatable bonds is 16. The zero-order chi connectivity index (χ0) is 24.2. The van der Waals surface area contributed by atoms with Crippen molar-refractivity contribution in [2.24, 2.45) is 5.73 Å². The van der Waals surface area contributed by atoms with Crippen molar-refractivity contribution in [3.63, 3.8) is 0 Å². The van der Waals surface area contributed by atoms with Crippen molar-refractivity contribution in [3.8, 4) is 11.5 Å². The highest BCUT2D eigenvalue weighted by atomic mass is 16.5. The Labute approximate surface area is 198 Å². The Kier molecular flexibility index (Phi) is 15.7. The second-order valence-electron chi connectivity index (χ2n) is 7.65. The van der Waals surface area contributed by atoms with Crippen LogP contribution in [0.1, 0.15) is 57.4 Å². The van der Waals surface area contributed by atoms with Gasteiger partial charge in [0.1, 0.15) is 6.04 Å². The van der Waals surface area contributed by atoms with Crippen LogP contribution in [-0.4, -0.2) is 28.8 Å². The number of allylic oxidation sites excluding steroid dienone is 10. The van der Waals surface area contributed by atoms with Gasteiger partial charge in [0, 0.05) is 0 Å². The van der Waals surface area contributed by atoms with Gasteiger partial charge in [0.05, 0.1) is 6.61 Å². The third-order valence-corrected chi connectivity index (χ3v) is 4.72. The maximum atomic E-state index is 12.0. The minimum absolute atomic E-state index is 0.204. The number of carbonyl (C=O) groups excluding carboxylic acids is 1. The second-order valence-corrected chi connectivity index (χ2v) is 7.65. The zero-order valence-corrected chi connectivity index (χ0v) is 19.7. The molecule has 0 radical (unpaired) electrons. The van der Waals surface area contributed by atoms with Crippen LogP contribution in [-0.2, 0) is 16.0 Å². The van der Waals surface area contributed by atoms with Crippen LogP contribution >= 0.6 is 0 Å². The van der Waals surface area contributed by atoms with Crippen LogP contribution in [0.25, 0.3) is 0 Å². The van der Waals surface area contributed by atoms with Crippen molar-refractivity contribution in [2.45, 2.75) is 64.3 Å². The van der Waals surface area contributed by atoms with Gasteiger partial charge in [-0.3, -0.25) is 4.79 Å². The third-order valence-electron chi connectivity index (χ3n) is 4.72. The molecular weight excluding hydrogens is 414 g/mol. The van der Waals surface area contributed by atoms with E-state index in [1.807, 2.05) is 0 Å². The van der Waals surface area contributed by atoms with Crippen LogP contribution in [0.2, 0.25) is 0 Å². The van der Waals surface area contributed by atoms with Crippen LogP contribution in [0.3, 0.4) is 0 Å². The third kappa shape index (κ3) is 14.6. The number of phenols is 2. The molecule has 4 N–H and O–H groups in total. The molecule has 0 bridgehead atoms. The van der Waals surface area contributed by atoms with Crippen LogP contribution in [0, 0.1) is 0 Å². The number of benzene rings is 1. The summed E-state index contributed by atoms with van der Waals surface area (Å²) in [6, 6.07) is 3.57. The molecule has 1 rings (SSSR count). The largest absolute Gasteiger partial charge is 0.504 e. The summed E-state index contributed by atoms with van der Waals surface area (Å²) in [7, 11) is 0. The lowest BCUT2D eigenvalue weighted by molar-refractivity contribution is -0.145. The maximum absolute atomic E-state index is 12.0. The Morgan fingerprint density at radius 2 is 1.42 bits per heavy atom. The molecule has 0 unspecified atom stereocenters. The highest BCUT2D eigenvalue weighted by molar-refractivity contribution is 5.75. The van der Waals surface area contributed by atoms with Crippen molar-refractivity contribution in [3.05, 3.63) is 84.5 Å². The average molecular weight is 454 g/mol. The van der Waals surface area contributed by atoms with E-state index < -0.39 is 12.0 Å². The molecule has 0 spiro atoms. The lowest BCUT2D eigenvalue weighted by atomic mass is 10.1. The Morgan fingerprint density at radius 1 is 0.879 bits per heavy atom. The fraction of sp³-hybridized carbons (Fsp3) is 0.393.